The van der Waals surface area contributed by atoms with Crippen LogP contribution in [0.25, 0.3) is 44.5 Å². The molecule has 4 rings (SSSR count). The molecular formula is C21H15ClN2S. The highest BCUT2D eigenvalue weighted by Crippen LogP contribution is 2.37. The molecule has 4 heteroatoms. The van der Waals surface area contributed by atoms with E-state index in [1.807, 2.05) is 43.4 Å². The quantitative estimate of drug-likeness (QED) is 0.373. The molecule has 4 aromatic rings. The fraction of sp³-hybridized carbons (Fsp3) is 0.0476. The van der Waals surface area contributed by atoms with Gasteiger partial charge in [0, 0.05) is 16.0 Å². The molecule has 0 amide bonds. The average molecular weight is 363 g/mol. The Kier molecular flexibility index (Phi) is 4.12. The monoisotopic (exact) mass is 362 g/mol. The van der Waals surface area contributed by atoms with Crippen molar-refractivity contribution in [2.75, 3.05) is 0 Å². The summed E-state index contributed by atoms with van der Waals surface area (Å²) in [7, 11) is 0. The maximum Gasteiger partial charge on any atom is 0.162 e. The normalized spacial score (nSPS) is 11.6. The van der Waals surface area contributed by atoms with Gasteiger partial charge in [-0.05, 0) is 23.8 Å². The minimum atomic E-state index is 0.477. The minimum Gasteiger partial charge on any atom is -0.217 e. The number of rotatable bonds is 3. The summed E-state index contributed by atoms with van der Waals surface area (Å²) in [5.74, 6) is 0.646. The van der Waals surface area contributed by atoms with Gasteiger partial charge in [-0.25, -0.2) is 9.97 Å². The van der Waals surface area contributed by atoms with Crippen LogP contribution in [0.5, 0.6) is 0 Å². The van der Waals surface area contributed by atoms with Crippen LogP contribution >= 0.6 is 22.9 Å². The summed E-state index contributed by atoms with van der Waals surface area (Å²) in [6.07, 6.45) is 5.86. The maximum absolute atomic E-state index is 6.53. The molecule has 0 spiro atoms. The van der Waals surface area contributed by atoms with E-state index < -0.39 is 0 Å². The Morgan fingerprint density at radius 2 is 1.88 bits per heavy atom. The van der Waals surface area contributed by atoms with Gasteiger partial charge in [0.15, 0.2) is 5.82 Å². The van der Waals surface area contributed by atoms with Gasteiger partial charge in [-0.1, -0.05) is 72.8 Å². The van der Waals surface area contributed by atoms with E-state index in [1.54, 1.807) is 11.3 Å². The lowest BCUT2D eigenvalue weighted by atomic mass is 10.1. The molecule has 0 aliphatic rings. The molecule has 0 unspecified atom stereocenters. The van der Waals surface area contributed by atoms with Gasteiger partial charge in [-0.15, -0.1) is 11.3 Å². The number of thiophene rings is 1. The third-order valence-electron chi connectivity index (χ3n) is 4.10. The fourth-order valence-corrected chi connectivity index (χ4v) is 4.28. The van der Waals surface area contributed by atoms with Crippen molar-refractivity contribution in [3.63, 3.8) is 0 Å². The summed E-state index contributed by atoms with van der Waals surface area (Å²) >= 11 is 8.11. The van der Waals surface area contributed by atoms with Gasteiger partial charge in [0.05, 0.1) is 5.39 Å². The molecule has 0 bridgehead atoms. The second-order valence-electron chi connectivity index (χ2n) is 5.66. The van der Waals surface area contributed by atoms with Crippen LogP contribution in [0.3, 0.4) is 0 Å². The summed E-state index contributed by atoms with van der Waals surface area (Å²) in [6, 6.07) is 14.5. The van der Waals surface area contributed by atoms with Crippen molar-refractivity contribution >= 4 is 56.1 Å². The average Bonchev–Trinajstić information content (AvgIpc) is 3.00. The molecule has 122 valence electrons. The van der Waals surface area contributed by atoms with Gasteiger partial charge in [0.25, 0.3) is 0 Å². The molecule has 0 aliphatic carbocycles. The first kappa shape index (κ1) is 16.0. The lowest BCUT2D eigenvalue weighted by Crippen LogP contribution is -1.90. The van der Waals surface area contributed by atoms with E-state index in [-0.39, 0.29) is 0 Å². The van der Waals surface area contributed by atoms with Gasteiger partial charge >= 0.3 is 0 Å². The molecule has 2 nitrogen and oxygen atoms in total. The zero-order chi connectivity index (χ0) is 17.4. The molecule has 0 atom stereocenters. The Hall–Kier alpha value is -2.49. The Balaban J connectivity index is 1.94. The number of allylic oxidation sites excluding steroid dienone is 1. The van der Waals surface area contributed by atoms with Crippen molar-refractivity contribution in [2.24, 2.45) is 0 Å². The predicted molar refractivity (Wildman–Crippen MR) is 110 cm³/mol. The van der Waals surface area contributed by atoms with Gasteiger partial charge in [-0.3, -0.25) is 0 Å². The van der Waals surface area contributed by atoms with Crippen molar-refractivity contribution < 1.29 is 0 Å². The second kappa shape index (κ2) is 6.43. The van der Waals surface area contributed by atoms with Crippen molar-refractivity contribution in [3.8, 4) is 11.4 Å². The lowest BCUT2D eigenvalue weighted by molar-refractivity contribution is 1.24. The molecule has 2 aromatic carbocycles. The zero-order valence-corrected chi connectivity index (χ0v) is 15.2. The molecule has 0 fully saturated rings. The summed E-state index contributed by atoms with van der Waals surface area (Å²) in [5.41, 5.74) is 2.00. The summed E-state index contributed by atoms with van der Waals surface area (Å²) in [6.45, 7) is 5.88. The number of benzene rings is 2. The number of aromatic nitrogens is 2. The Morgan fingerprint density at radius 1 is 1.08 bits per heavy atom. The summed E-state index contributed by atoms with van der Waals surface area (Å²) in [4.78, 5) is 11.3. The zero-order valence-electron chi connectivity index (χ0n) is 13.7. The highest BCUT2D eigenvalue weighted by molar-refractivity contribution is 7.19. The Morgan fingerprint density at radius 3 is 2.64 bits per heavy atom. The van der Waals surface area contributed by atoms with Gasteiger partial charge in [-0.2, -0.15) is 0 Å². The Labute approximate surface area is 155 Å². The van der Waals surface area contributed by atoms with Crippen LogP contribution in [-0.4, -0.2) is 9.97 Å². The van der Waals surface area contributed by atoms with Crippen molar-refractivity contribution in [1.29, 1.82) is 0 Å². The number of hydrogen-bond acceptors (Lipinski definition) is 3. The first-order chi connectivity index (χ1) is 12.2. The molecule has 0 N–H and O–H groups in total. The van der Waals surface area contributed by atoms with Crippen LogP contribution in [0.2, 0.25) is 5.15 Å². The largest absolute Gasteiger partial charge is 0.217 e. The molecule has 2 heterocycles. The van der Waals surface area contributed by atoms with Crippen LogP contribution in [-0.2, 0) is 0 Å². The highest BCUT2D eigenvalue weighted by Gasteiger charge is 2.16. The highest BCUT2D eigenvalue weighted by atomic mass is 35.5. The molecule has 2 aromatic heterocycles. The van der Waals surface area contributed by atoms with E-state index >= 15 is 0 Å². The third-order valence-corrected chi connectivity index (χ3v) is 5.47. The molecular weight excluding hydrogens is 348 g/mol. The number of hydrogen-bond donors (Lipinski definition) is 0. The van der Waals surface area contributed by atoms with Crippen molar-refractivity contribution in [3.05, 3.63) is 70.7 Å². The van der Waals surface area contributed by atoms with Gasteiger partial charge in [0.2, 0.25) is 0 Å². The van der Waals surface area contributed by atoms with Crippen molar-refractivity contribution in [1.82, 2.24) is 9.97 Å². The smallest absolute Gasteiger partial charge is 0.162 e. The number of nitrogens with zero attached hydrogens (tertiary/aromatic N) is 2. The standard InChI is InChI=1S/C21H15ClN2S/c1-3-7-16-17(4-2)25-21-18(16)19(22)23-20(24-21)15-11-10-13-8-5-6-9-14(13)12-15/h3-12H,2H2,1H3/b7-3-. The molecule has 0 radical (unpaired) electrons. The first-order valence-corrected chi connectivity index (χ1v) is 9.15. The lowest BCUT2D eigenvalue weighted by Gasteiger charge is -2.04. The van der Waals surface area contributed by atoms with E-state index in [4.69, 9.17) is 16.6 Å². The summed E-state index contributed by atoms with van der Waals surface area (Å²) < 4.78 is 0. The van der Waals surface area contributed by atoms with Crippen LogP contribution < -0.4 is 0 Å². The van der Waals surface area contributed by atoms with E-state index in [2.05, 4.69) is 35.8 Å². The SMILES string of the molecule is C=Cc1sc2nc(-c3ccc4ccccc4c3)nc(Cl)c2c1/C=C\C. The third kappa shape index (κ3) is 2.76. The maximum atomic E-state index is 6.53. The molecule has 25 heavy (non-hydrogen) atoms. The molecule has 0 saturated carbocycles. The number of halogens is 1. The van der Waals surface area contributed by atoms with Crippen LogP contribution in [0.4, 0.5) is 0 Å². The molecule has 0 aliphatic heterocycles. The summed E-state index contributed by atoms with van der Waals surface area (Å²) in [5, 5.41) is 3.72. The second-order valence-corrected chi connectivity index (χ2v) is 7.05. The van der Waals surface area contributed by atoms with Crippen LogP contribution in [0.15, 0.2) is 55.1 Å². The first-order valence-electron chi connectivity index (χ1n) is 7.95. The van der Waals surface area contributed by atoms with E-state index in [0.29, 0.717) is 11.0 Å². The minimum absolute atomic E-state index is 0.477. The number of fused-ring (bicyclic) bond motifs is 2. The topological polar surface area (TPSA) is 25.8 Å². The Bertz CT molecular complexity index is 1140. The van der Waals surface area contributed by atoms with E-state index in [1.165, 1.54) is 5.39 Å². The van der Waals surface area contributed by atoms with Gasteiger partial charge < -0.3 is 0 Å². The van der Waals surface area contributed by atoms with Crippen LogP contribution in [0.1, 0.15) is 17.4 Å². The molecule has 0 saturated heterocycles. The van der Waals surface area contributed by atoms with E-state index in [0.717, 1.165) is 31.6 Å². The predicted octanol–water partition coefficient (Wildman–Crippen LogP) is 6.84. The van der Waals surface area contributed by atoms with E-state index in [9.17, 15) is 0 Å². The van der Waals surface area contributed by atoms with Crippen molar-refractivity contribution in [2.45, 2.75) is 6.92 Å². The fourth-order valence-electron chi connectivity index (χ4n) is 2.94. The van der Waals surface area contributed by atoms with Crippen LogP contribution in [0, 0.1) is 0 Å². The van der Waals surface area contributed by atoms with Gasteiger partial charge in [0.1, 0.15) is 9.98 Å².